The molecule has 1 rings (SSSR count). The molecule has 82 valence electrons. The maximum atomic E-state index is 12.0. The molecule has 0 aliphatic heterocycles. The van der Waals surface area contributed by atoms with E-state index >= 15 is 0 Å². The smallest absolute Gasteiger partial charge is 0.309 e. The Hall–Kier alpha value is -0.110. The van der Waals surface area contributed by atoms with Crippen LogP contribution in [0.15, 0.2) is 11.9 Å². The highest BCUT2D eigenvalue weighted by molar-refractivity contribution is 7.58. The lowest BCUT2D eigenvalue weighted by molar-refractivity contribution is 0.274. The third-order valence-electron chi connectivity index (χ3n) is 2.91. The third-order valence-corrected chi connectivity index (χ3v) is 4.94. The fraction of sp³-hybridized carbons (Fsp3) is 0.800. The van der Waals surface area contributed by atoms with Gasteiger partial charge in [-0.05, 0) is 18.8 Å². The Morgan fingerprint density at radius 2 is 1.71 bits per heavy atom. The van der Waals surface area contributed by atoms with Gasteiger partial charge in [-0.25, -0.2) is 0 Å². The molecule has 0 atom stereocenters. The van der Waals surface area contributed by atoms with Crippen molar-refractivity contribution in [3.05, 3.63) is 11.9 Å². The van der Waals surface area contributed by atoms with Crippen LogP contribution in [0.25, 0.3) is 0 Å². The van der Waals surface area contributed by atoms with E-state index in [9.17, 15) is 4.57 Å². The Labute approximate surface area is 86.0 Å². The van der Waals surface area contributed by atoms with Gasteiger partial charge in [-0.3, -0.25) is 4.57 Å². The molecule has 0 bridgehead atoms. The highest BCUT2D eigenvalue weighted by Crippen LogP contribution is 2.58. The number of allylic oxidation sites excluding steroid dienone is 1. The fourth-order valence-corrected chi connectivity index (χ4v) is 3.29. The van der Waals surface area contributed by atoms with Crippen LogP contribution in [0, 0.1) is 5.92 Å². The van der Waals surface area contributed by atoms with E-state index in [0.717, 1.165) is 12.8 Å². The Bertz CT molecular complexity index is 236. The van der Waals surface area contributed by atoms with Gasteiger partial charge in [-0.2, -0.15) is 0 Å². The topological polar surface area (TPSA) is 35.5 Å². The summed E-state index contributed by atoms with van der Waals surface area (Å²) >= 11 is 0. The second-order valence-electron chi connectivity index (χ2n) is 3.69. The van der Waals surface area contributed by atoms with E-state index in [0.29, 0.717) is 11.2 Å². The van der Waals surface area contributed by atoms with Crippen molar-refractivity contribution in [2.75, 3.05) is 14.2 Å². The van der Waals surface area contributed by atoms with Crippen LogP contribution in [-0.2, 0) is 13.6 Å². The normalized spacial score (nSPS) is 19.6. The van der Waals surface area contributed by atoms with Crippen LogP contribution >= 0.6 is 7.60 Å². The predicted molar refractivity (Wildman–Crippen MR) is 57.3 cm³/mol. The van der Waals surface area contributed by atoms with Gasteiger partial charge in [-0.15, -0.1) is 0 Å². The first kappa shape index (κ1) is 12.0. The van der Waals surface area contributed by atoms with Gasteiger partial charge >= 0.3 is 7.60 Å². The number of hydrogen-bond acceptors (Lipinski definition) is 3. The maximum Gasteiger partial charge on any atom is 0.356 e. The minimum Gasteiger partial charge on any atom is -0.309 e. The monoisotopic (exact) mass is 218 g/mol. The summed E-state index contributed by atoms with van der Waals surface area (Å²) in [5, 5.41) is 0.655. The zero-order valence-electron chi connectivity index (χ0n) is 8.99. The summed E-state index contributed by atoms with van der Waals surface area (Å²) in [5.41, 5.74) is 0. The molecule has 0 saturated heterocycles. The zero-order chi connectivity index (χ0) is 10.6. The lowest BCUT2D eigenvalue weighted by atomic mass is 9.89. The maximum absolute atomic E-state index is 12.0. The molecule has 0 aromatic heterocycles. The molecule has 1 fully saturated rings. The summed E-state index contributed by atoms with van der Waals surface area (Å²) in [4.78, 5) is 0. The summed E-state index contributed by atoms with van der Waals surface area (Å²) in [6.45, 7) is 3.88. The fourth-order valence-electron chi connectivity index (χ4n) is 1.97. The largest absolute Gasteiger partial charge is 0.356 e. The van der Waals surface area contributed by atoms with Crippen LogP contribution in [0.1, 0.15) is 32.1 Å². The molecule has 0 heterocycles. The van der Waals surface area contributed by atoms with Gasteiger partial charge in [0.2, 0.25) is 0 Å². The quantitative estimate of drug-likeness (QED) is 0.677. The molecule has 3 nitrogen and oxygen atoms in total. The van der Waals surface area contributed by atoms with Crippen molar-refractivity contribution in [3.63, 3.8) is 0 Å². The molecule has 0 amide bonds. The summed E-state index contributed by atoms with van der Waals surface area (Å²) in [5.74, 6) is 0.314. The van der Waals surface area contributed by atoms with Crippen LogP contribution in [0.3, 0.4) is 0 Å². The molecule has 14 heavy (non-hydrogen) atoms. The molecule has 1 saturated carbocycles. The van der Waals surface area contributed by atoms with Crippen LogP contribution in [0.2, 0.25) is 0 Å². The van der Waals surface area contributed by atoms with E-state index in [-0.39, 0.29) is 0 Å². The second kappa shape index (κ2) is 5.11. The molecule has 0 spiro atoms. The molecule has 1 aliphatic rings. The van der Waals surface area contributed by atoms with Crippen molar-refractivity contribution in [1.29, 1.82) is 0 Å². The van der Waals surface area contributed by atoms with Crippen molar-refractivity contribution < 1.29 is 13.6 Å². The zero-order valence-corrected chi connectivity index (χ0v) is 9.89. The summed E-state index contributed by atoms with van der Waals surface area (Å²) < 4.78 is 21.9. The average molecular weight is 218 g/mol. The Kier molecular flexibility index (Phi) is 4.36. The lowest BCUT2D eigenvalue weighted by Gasteiger charge is -2.26. The van der Waals surface area contributed by atoms with Gasteiger partial charge in [0.1, 0.15) is 0 Å². The average Bonchev–Trinajstić information content (AvgIpc) is 2.28. The molecule has 0 aromatic carbocycles. The Morgan fingerprint density at radius 3 is 2.14 bits per heavy atom. The first-order chi connectivity index (χ1) is 6.64. The minimum atomic E-state index is -3.04. The van der Waals surface area contributed by atoms with Gasteiger partial charge < -0.3 is 9.05 Å². The number of hydrogen-bond donors (Lipinski definition) is 0. The number of rotatable bonds is 4. The van der Waals surface area contributed by atoms with Gasteiger partial charge in [0.25, 0.3) is 0 Å². The molecule has 1 aliphatic carbocycles. The van der Waals surface area contributed by atoms with Gasteiger partial charge in [-0.1, -0.05) is 25.8 Å². The van der Waals surface area contributed by atoms with Crippen LogP contribution in [0.4, 0.5) is 0 Å². The summed E-state index contributed by atoms with van der Waals surface area (Å²) in [6, 6.07) is 0. The van der Waals surface area contributed by atoms with Crippen LogP contribution < -0.4 is 0 Å². The van der Waals surface area contributed by atoms with Gasteiger partial charge in [0, 0.05) is 19.5 Å². The molecule has 0 unspecified atom stereocenters. The molecule has 4 heteroatoms. The van der Waals surface area contributed by atoms with Crippen LogP contribution in [-0.4, -0.2) is 14.2 Å². The van der Waals surface area contributed by atoms with Gasteiger partial charge in [0.15, 0.2) is 0 Å². The van der Waals surface area contributed by atoms with Crippen molar-refractivity contribution in [3.8, 4) is 0 Å². The van der Waals surface area contributed by atoms with E-state index < -0.39 is 7.60 Å². The first-order valence-electron chi connectivity index (χ1n) is 5.05. The van der Waals surface area contributed by atoms with E-state index in [1.807, 2.05) is 0 Å². The van der Waals surface area contributed by atoms with E-state index in [1.165, 1.54) is 33.5 Å². The van der Waals surface area contributed by atoms with Gasteiger partial charge in [0.05, 0.1) is 0 Å². The highest BCUT2D eigenvalue weighted by atomic mass is 31.2. The van der Waals surface area contributed by atoms with E-state index in [4.69, 9.17) is 9.05 Å². The lowest BCUT2D eigenvalue weighted by Crippen LogP contribution is -2.10. The first-order valence-corrected chi connectivity index (χ1v) is 6.59. The Balaban J connectivity index is 2.66. The molecular weight excluding hydrogens is 199 g/mol. The van der Waals surface area contributed by atoms with Crippen molar-refractivity contribution in [2.24, 2.45) is 5.92 Å². The summed E-state index contributed by atoms with van der Waals surface area (Å²) in [7, 11) is -0.205. The summed E-state index contributed by atoms with van der Waals surface area (Å²) in [6.07, 6.45) is 5.79. The minimum absolute atomic E-state index is 0.314. The third kappa shape index (κ3) is 2.47. The molecular formula is C10H19O3P. The van der Waals surface area contributed by atoms with Crippen LogP contribution in [0.5, 0.6) is 0 Å². The molecule has 0 radical (unpaired) electrons. The Morgan fingerprint density at radius 1 is 1.21 bits per heavy atom. The standard InChI is InChI=1S/C10H19O3P/c1-9(14(11,12-2)13-3)10-7-5-4-6-8-10/h10H,1,4-8H2,2-3H3. The van der Waals surface area contributed by atoms with Crippen molar-refractivity contribution in [1.82, 2.24) is 0 Å². The molecule has 0 aromatic rings. The SMILES string of the molecule is C=C(C1CCCCC1)P(=O)(OC)OC. The van der Waals surface area contributed by atoms with Crippen molar-refractivity contribution in [2.45, 2.75) is 32.1 Å². The highest BCUT2D eigenvalue weighted by Gasteiger charge is 2.32. The van der Waals surface area contributed by atoms with E-state index in [1.54, 1.807) is 0 Å². The predicted octanol–water partition coefficient (Wildman–Crippen LogP) is 3.57. The second-order valence-corrected chi connectivity index (χ2v) is 5.99. The molecule has 0 N–H and O–H groups in total. The van der Waals surface area contributed by atoms with Crippen molar-refractivity contribution >= 4 is 7.60 Å². The van der Waals surface area contributed by atoms with E-state index in [2.05, 4.69) is 6.58 Å².